The lowest BCUT2D eigenvalue weighted by Crippen LogP contribution is -2.24. The quantitative estimate of drug-likeness (QED) is 0.858. The van der Waals surface area contributed by atoms with E-state index in [4.69, 9.17) is 0 Å². The molecule has 0 aliphatic carbocycles. The summed E-state index contributed by atoms with van der Waals surface area (Å²) in [5.41, 5.74) is 0.827. The molecule has 1 aromatic carbocycles. The Bertz CT molecular complexity index is 401. The average molecular weight is 270 g/mol. The summed E-state index contributed by atoms with van der Waals surface area (Å²) in [5.74, 6) is 0.933. The van der Waals surface area contributed by atoms with Crippen molar-refractivity contribution in [1.82, 2.24) is 10.2 Å². The fourth-order valence-electron chi connectivity index (χ4n) is 2.60. The first-order chi connectivity index (χ1) is 9.19. The molecule has 0 spiro atoms. The standard InChI is InChI=1S/C14H20F2N2O/c1-17-8-11-6-7-18(9-11)10-12-4-2-3-5-13(12)19-14(15)16/h2-5,11,14,17H,6-10H2,1H3. The minimum atomic E-state index is -2.77. The molecule has 0 saturated carbocycles. The summed E-state index contributed by atoms with van der Waals surface area (Å²) in [7, 11) is 1.95. The molecule has 0 radical (unpaired) electrons. The molecule has 1 aromatic rings. The highest BCUT2D eigenvalue weighted by Gasteiger charge is 2.22. The van der Waals surface area contributed by atoms with E-state index in [0.29, 0.717) is 12.5 Å². The lowest BCUT2D eigenvalue weighted by Gasteiger charge is -2.18. The van der Waals surface area contributed by atoms with Gasteiger partial charge in [0.1, 0.15) is 5.75 Å². The maximum Gasteiger partial charge on any atom is 0.387 e. The third-order valence-corrected chi connectivity index (χ3v) is 3.45. The van der Waals surface area contributed by atoms with Gasteiger partial charge in [0.05, 0.1) is 0 Å². The molecule has 1 fully saturated rings. The van der Waals surface area contributed by atoms with Crippen molar-refractivity contribution in [3.63, 3.8) is 0 Å². The molecular formula is C14H20F2N2O. The molecule has 1 N–H and O–H groups in total. The molecule has 1 aliphatic rings. The summed E-state index contributed by atoms with van der Waals surface area (Å²) >= 11 is 0. The smallest absolute Gasteiger partial charge is 0.387 e. The number of halogens is 2. The Morgan fingerprint density at radius 2 is 2.21 bits per heavy atom. The van der Waals surface area contributed by atoms with Gasteiger partial charge in [-0.25, -0.2) is 0 Å². The van der Waals surface area contributed by atoms with Crippen molar-refractivity contribution in [1.29, 1.82) is 0 Å². The van der Waals surface area contributed by atoms with Gasteiger partial charge in [-0.05, 0) is 38.5 Å². The Kier molecular flexibility index (Phi) is 5.10. The highest BCUT2D eigenvalue weighted by Crippen LogP contribution is 2.24. The summed E-state index contributed by atoms with van der Waals surface area (Å²) in [5, 5.41) is 3.18. The zero-order valence-corrected chi connectivity index (χ0v) is 11.1. The summed E-state index contributed by atoms with van der Waals surface area (Å²) in [4.78, 5) is 2.29. The number of nitrogens with zero attached hydrogens (tertiary/aromatic N) is 1. The monoisotopic (exact) mass is 270 g/mol. The van der Waals surface area contributed by atoms with Crippen LogP contribution in [0.5, 0.6) is 5.75 Å². The van der Waals surface area contributed by atoms with Crippen LogP contribution in [-0.4, -0.2) is 38.2 Å². The zero-order valence-electron chi connectivity index (χ0n) is 11.1. The van der Waals surface area contributed by atoms with E-state index in [9.17, 15) is 8.78 Å². The molecule has 1 atom stereocenters. The van der Waals surface area contributed by atoms with Gasteiger partial charge in [0.25, 0.3) is 0 Å². The van der Waals surface area contributed by atoms with Gasteiger partial charge in [-0.1, -0.05) is 18.2 Å². The third-order valence-electron chi connectivity index (χ3n) is 3.45. The first kappa shape index (κ1) is 14.2. The fourth-order valence-corrected chi connectivity index (χ4v) is 2.60. The Balaban J connectivity index is 1.96. The van der Waals surface area contributed by atoms with Crippen LogP contribution in [0.25, 0.3) is 0 Å². The summed E-state index contributed by atoms with van der Waals surface area (Å²) < 4.78 is 29.2. The van der Waals surface area contributed by atoms with Crippen LogP contribution in [-0.2, 0) is 6.54 Å². The van der Waals surface area contributed by atoms with Crippen molar-refractivity contribution in [2.75, 3.05) is 26.7 Å². The molecule has 1 saturated heterocycles. The van der Waals surface area contributed by atoms with Gasteiger partial charge in [-0.15, -0.1) is 0 Å². The Hall–Kier alpha value is -1.20. The van der Waals surface area contributed by atoms with Gasteiger partial charge in [0, 0.05) is 18.7 Å². The maximum atomic E-state index is 12.3. The zero-order chi connectivity index (χ0) is 13.7. The second-order valence-corrected chi connectivity index (χ2v) is 4.93. The highest BCUT2D eigenvalue weighted by molar-refractivity contribution is 5.33. The van der Waals surface area contributed by atoms with Crippen molar-refractivity contribution >= 4 is 0 Å². The van der Waals surface area contributed by atoms with E-state index >= 15 is 0 Å². The minimum absolute atomic E-state index is 0.287. The van der Waals surface area contributed by atoms with E-state index in [1.165, 1.54) is 0 Å². The lowest BCUT2D eigenvalue weighted by atomic mass is 10.1. The number of likely N-dealkylation sites (tertiary alicyclic amines) is 1. The molecule has 3 nitrogen and oxygen atoms in total. The summed E-state index contributed by atoms with van der Waals surface area (Å²) in [6.07, 6.45) is 1.15. The number of nitrogens with one attached hydrogen (secondary N) is 1. The second-order valence-electron chi connectivity index (χ2n) is 4.93. The van der Waals surface area contributed by atoms with Gasteiger partial charge in [0.15, 0.2) is 0 Å². The van der Waals surface area contributed by atoms with E-state index in [-0.39, 0.29) is 5.75 Å². The molecular weight excluding hydrogens is 250 g/mol. The van der Waals surface area contributed by atoms with Crippen LogP contribution in [0.3, 0.4) is 0 Å². The Morgan fingerprint density at radius 3 is 2.95 bits per heavy atom. The van der Waals surface area contributed by atoms with Crippen LogP contribution < -0.4 is 10.1 Å². The first-order valence-electron chi connectivity index (χ1n) is 6.58. The Labute approximate surface area is 112 Å². The predicted molar refractivity (Wildman–Crippen MR) is 70.4 cm³/mol. The SMILES string of the molecule is CNCC1CCN(Cc2ccccc2OC(F)F)C1. The van der Waals surface area contributed by atoms with Crippen molar-refractivity contribution < 1.29 is 13.5 Å². The van der Waals surface area contributed by atoms with Crippen LogP contribution in [0.15, 0.2) is 24.3 Å². The molecule has 5 heteroatoms. The molecule has 2 rings (SSSR count). The van der Waals surface area contributed by atoms with E-state index in [2.05, 4.69) is 15.0 Å². The molecule has 19 heavy (non-hydrogen) atoms. The number of alkyl halides is 2. The topological polar surface area (TPSA) is 24.5 Å². The number of rotatable bonds is 6. The van der Waals surface area contributed by atoms with Gasteiger partial charge >= 0.3 is 6.61 Å². The van der Waals surface area contributed by atoms with Crippen molar-refractivity contribution in [2.45, 2.75) is 19.6 Å². The average Bonchev–Trinajstić information content (AvgIpc) is 2.79. The first-order valence-corrected chi connectivity index (χ1v) is 6.58. The molecule has 0 amide bonds. The van der Waals surface area contributed by atoms with Gasteiger partial charge < -0.3 is 10.1 Å². The predicted octanol–water partition coefficient (Wildman–Crippen LogP) is 2.33. The van der Waals surface area contributed by atoms with E-state index in [1.54, 1.807) is 12.1 Å². The molecule has 0 bridgehead atoms. The fraction of sp³-hybridized carbons (Fsp3) is 0.571. The normalized spacial score (nSPS) is 20.1. The van der Waals surface area contributed by atoms with Crippen molar-refractivity contribution in [3.05, 3.63) is 29.8 Å². The van der Waals surface area contributed by atoms with Crippen LogP contribution in [0.4, 0.5) is 8.78 Å². The molecule has 1 heterocycles. The van der Waals surface area contributed by atoms with E-state index in [1.807, 2.05) is 19.2 Å². The number of para-hydroxylation sites is 1. The van der Waals surface area contributed by atoms with Crippen molar-refractivity contribution in [2.24, 2.45) is 5.92 Å². The number of hydrogen-bond donors (Lipinski definition) is 1. The number of benzene rings is 1. The third kappa shape index (κ3) is 4.14. The van der Waals surface area contributed by atoms with Gasteiger partial charge in [-0.2, -0.15) is 8.78 Å². The maximum absolute atomic E-state index is 12.3. The van der Waals surface area contributed by atoms with Gasteiger partial charge in [-0.3, -0.25) is 4.90 Å². The van der Waals surface area contributed by atoms with Crippen molar-refractivity contribution in [3.8, 4) is 5.75 Å². The molecule has 1 aliphatic heterocycles. The minimum Gasteiger partial charge on any atom is -0.434 e. The number of hydrogen-bond acceptors (Lipinski definition) is 3. The van der Waals surface area contributed by atoms with Crippen LogP contribution in [0.2, 0.25) is 0 Å². The van der Waals surface area contributed by atoms with Crippen LogP contribution >= 0.6 is 0 Å². The van der Waals surface area contributed by atoms with E-state index < -0.39 is 6.61 Å². The van der Waals surface area contributed by atoms with Crippen LogP contribution in [0, 0.1) is 5.92 Å². The summed E-state index contributed by atoms with van der Waals surface area (Å²) in [6, 6.07) is 7.02. The number of ether oxygens (including phenoxy) is 1. The highest BCUT2D eigenvalue weighted by atomic mass is 19.3. The Morgan fingerprint density at radius 1 is 1.42 bits per heavy atom. The molecule has 106 valence electrons. The summed E-state index contributed by atoms with van der Waals surface area (Å²) in [6.45, 7) is 0.922. The molecule has 1 unspecified atom stereocenters. The van der Waals surface area contributed by atoms with E-state index in [0.717, 1.165) is 31.6 Å². The van der Waals surface area contributed by atoms with Gasteiger partial charge in [0.2, 0.25) is 0 Å². The molecule has 0 aromatic heterocycles. The second kappa shape index (κ2) is 6.82. The van der Waals surface area contributed by atoms with Crippen LogP contribution in [0.1, 0.15) is 12.0 Å². The lowest BCUT2D eigenvalue weighted by molar-refractivity contribution is -0.0507. The largest absolute Gasteiger partial charge is 0.434 e.